The van der Waals surface area contributed by atoms with Crippen LogP contribution in [0.5, 0.6) is 11.5 Å². The van der Waals surface area contributed by atoms with E-state index in [-0.39, 0.29) is 11.5 Å². The van der Waals surface area contributed by atoms with Crippen molar-refractivity contribution >= 4 is 16.8 Å². The van der Waals surface area contributed by atoms with Crippen molar-refractivity contribution in [1.82, 2.24) is 9.88 Å². The third kappa shape index (κ3) is 3.69. The summed E-state index contributed by atoms with van der Waals surface area (Å²) in [5.41, 5.74) is 0.719. The number of nitrogens with one attached hydrogen (secondary N) is 1. The van der Waals surface area contributed by atoms with Gasteiger partial charge in [-0.25, -0.2) is 0 Å². The van der Waals surface area contributed by atoms with Gasteiger partial charge in [0.15, 0.2) is 11.5 Å². The quantitative estimate of drug-likeness (QED) is 0.740. The largest absolute Gasteiger partial charge is 0.493 e. The number of methoxy groups -OCH3 is 1. The number of nitrogens with zero attached hydrogens (tertiary/aromatic N) is 1. The Morgan fingerprint density at radius 3 is 2.54 bits per heavy atom. The summed E-state index contributed by atoms with van der Waals surface area (Å²) in [6.45, 7) is 0.682. The first-order valence-electron chi connectivity index (χ1n) is 8.23. The first-order valence-corrected chi connectivity index (χ1v) is 8.23. The number of ether oxygens (including phenoxy) is 2. The van der Waals surface area contributed by atoms with Crippen LogP contribution in [0.4, 0.5) is 0 Å². The lowest BCUT2D eigenvalue weighted by Crippen LogP contribution is -2.31. The van der Waals surface area contributed by atoms with Gasteiger partial charge in [-0.2, -0.15) is 0 Å². The van der Waals surface area contributed by atoms with Crippen molar-refractivity contribution in [1.29, 1.82) is 0 Å². The topological polar surface area (TPSA) is 71.6 Å². The van der Waals surface area contributed by atoms with E-state index in [0.29, 0.717) is 35.7 Å². The maximum Gasteiger partial charge on any atom is 0.254 e. The molecule has 0 fully saturated rings. The number of rotatable bonds is 6. The molecule has 0 atom stereocenters. The lowest BCUT2D eigenvalue weighted by Gasteiger charge is -2.19. The number of amides is 1. The highest BCUT2D eigenvalue weighted by Gasteiger charge is 2.16. The second-order valence-electron chi connectivity index (χ2n) is 5.82. The number of benzene rings is 2. The minimum absolute atomic E-state index is 0.226. The summed E-state index contributed by atoms with van der Waals surface area (Å²) >= 11 is 0. The Bertz CT molecular complexity index is 981. The van der Waals surface area contributed by atoms with Gasteiger partial charge in [0.1, 0.15) is 6.61 Å². The zero-order chi connectivity index (χ0) is 18.5. The van der Waals surface area contributed by atoms with Crippen molar-refractivity contribution < 1.29 is 14.3 Å². The monoisotopic (exact) mass is 352 g/mol. The first-order chi connectivity index (χ1) is 12.6. The van der Waals surface area contributed by atoms with Gasteiger partial charge in [-0.05, 0) is 18.2 Å². The van der Waals surface area contributed by atoms with Gasteiger partial charge in [-0.3, -0.25) is 9.59 Å². The molecule has 0 saturated carbocycles. The molecular formula is C20H20N2O4. The molecule has 0 aliphatic rings. The van der Waals surface area contributed by atoms with Crippen molar-refractivity contribution in [3.05, 3.63) is 70.5 Å². The molecule has 1 amide bonds. The number of carbonyl (C=O) groups excluding carboxylic acids is 1. The Morgan fingerprint density at radius 1 is 1.08 bits per heavy atom. The molecule has 0 saturated heterocycles. The number of pyridine rings is 1. The van der Waals surface area contributed by atoms with Crippen LogP contribution in [0.1, 0.15) is 10.4 Å². The summed E-state index contributed by atoms with van der Waals surface area (Å²) in [7, 11) is 3.26. The molecule has 26 heavy (non-hydrogen) atoms. The third-order valence-corrected chi connectivity index (χ3v) is 4.08. The second-order valence-corrected chi connectivity index (χ2v) is 5.82. The maximum absolute atomic E-state index is 12.8. The van der Waals surface area contributed by atoms with E-state index in [1.165, 1.54) is 11.0 Å². The van der Waals surface area contributed by atoms with Crippen molar-refractivity contribution in [2.45, 2.75) is 0 Å². The zero-order valence-corrected chi connectivity index (χ0v) is 14.7. The number of hydrogen-bond acceptors (Lipinski definition) is 4. The number of aromatic nitrogens is 1. The molecule has 134 valence electrons. The lowest BCUT2D eigenvalue weighted by molar-refractivity contribution is 0.0775. The Labute approximate surface area is 151 Å². The molecule has 3 rings (SSSR count). The minimum Gasteiger partial charge on any atom is -0.493 e. The van der Waals surface area contributed by atoms with Crippen LogP contribution < -0.4 is 15.0 Å². The third-order valence-electron chi connectivity index (χ3n) is 4.08. The first kappa shape index (κ1) is 17.5. The molecule has 6 heteroatoms. The van der Waals surface area contributed by atoms with Crippen LogP contribution in [-0.4, -0.2) is 43.1 Å². The average Bonchev–Trinajstić information content (AvgIpc) is 2.67. The van der Waals surface area contributed by atoms with E-state index < -0.39 is 0 Å². The molecule has 0 aliphatic heterocycles. The molecule has 0 unspecified atom stereocenters. The molecular weight excluding hydrogens is 332 g/mol. The van der Waals surface area contributed by atoms with Gasteiger partial charge in [0.2, 0.25) is 5.56 Å². The number of carbonyl (C=O) groups is 1. The highest BCUT2D eigenvalue weighted by Crippen LogP contribution is 2.25. The van der Waals surface area contributed by atoms with Crippen molar-refractivity contribution in [3.8, 4) is 11.5 Å². The summed E-state index contributed by atoms with van der Waals surface area (Å²) in [6, 6.07) is 15.9. The van der Waals surface area contributed by atoms with E-state index >= 15 is 0 Å². The van der Waals surface area contributed by atoms with E-state index in [4.69, 9.17) is 9.47 Å². The van der Waals surface area contributed by atoms with Crippen LogP contribution in [0.25, 0.3) is 10.9 Å². The number of likely N-dealkylation sites (N-methyl/N-ethyl adjacent to an activating group) is 1. The number of aromatic amines is 1. The lowest BCUT2D eigenvalue weighted by atomic mass is 10.1. The molecule has 1 heterocycles. The van der Waals surface area contributed by atoms with Gasteiger partial charge in [0.25, 0.3) is 5.91 Å². The highest BCUT2D eigenvalue weighted by molar-refractivity contribution is 6.05. The predicted molar refractivity (Wildman–Crippen MR) is 100 cm³/mol. The number of hydrogen-bond donors (Lipinski definition) is 1. The SMILES string of the molecule is COc1ccccc1OCCN(C)C(=O)c1cc(=O)[nH]c2ccccc12. The highest BCUT2D eigenvalue weighted by atomic mass is 16.5. The summed E-state index contributed by atoms with van der Waals surface area (Å²) < 4.78 is 10.9. The molecule has 6 nitrogen and oxygen atoms in total. The molecule has 0 spiro atoms. The van der Waals surface area contributed by atoms with Gasteiger partial charge in [0.05, 0.1) is 19.2 Å². The Balaban J connectivity index is 1.72. The maximum atomic E-state index is 12.8. The van der Waals surface area contributed by atoms with E-state index in [2.05, 4.69) is 4.98 Å². The summed E-state index contributed by atoms with van der Waals surface area (Å²) in [4.78, 5) is 28.9. The van der Waals surface area contributed by atoms with Gasteiger partial charge in [-0.1, -0.05) is 30.3 Å². The molecule has 0 aliphatic carbocycles. The molecule has 3 aromatic rings. The summed E-state index contributed by atoms with van der Waals surface area (Å²) in [6.07, 6.45) is 0. The summed E-state index contributed by atoms with van der Waals surface area (Å²) in [5, 5.41) is 0.717. The summed E-state index contributed by atoms with van der Waals surface area (Å²) in [5.74, 6) is 1.04. The molecule has 1 N–H and O–H groups in total. The van der Waals surface area contributed by atoms with Gasteiger partial charge < -0.3 is 19.4 Å². The second kappa shape index (κ2) is 7.74. The Hall–Kier alpha value is -3.28. The fraction of sp³-hybridized carbons (Fsp3) is 0.200. The van der Waals surface area contributed by atoms with E-state index in [1.807, 2.05) is 42.5 Å². The minimum atomic E-state index is -0.300. The Kier molecular flexibility index (Phi) is 5.22. The zero-order valence-electron chi connectivity index (χ0n) is 14.7. The predicted octanol–water partition coefficient (Wildman–Crippen LogP) is 2.69. The fourth-order valence-electron chi connectivity index (χ4n) is 2.72. The molecule has 0 radical (unpaired) electrons. The van der Waals surface area contributed by atoms with Gasteiger partial charge in [0, 0.05) is 24.0 Å². The normalized spacial score (nSPS) is 10.5. The molecule has 1 aromatic heterocycles. The van der Waals surface area contributed by atoms with Crippen LogP contribution in [-0.2, 0) is 0 Å². The van der Waals surface area contributed by atoms with Crippen LogP contribution >= 0.6 is 0 Å². The molecule has 0 bridgehead atoms. The van der Waals surface area contributed by atoms with Gasteiger partial charge >= 0.3 is 0 Å². The van der Waals surface area contributed by atoms with E-state index in [0.717, 1.165) is 5.39 Å². The number of fused-ring (bicyclic) bond motifs is 1. The van der Waals surface area contributed by atoms with E-state index in [9.17, 15) is 9.59 Å². The fourth-order valence-corrected chi connectivity index (χ4v) is 2.72. The van der Waals surface area contributed by atoms with Crippen LogP contribution in [0.3, 0.4) is 0 Å². The van der Waals surface area contributed by atoms with Gasteiger partial charge in [-0.15, -0.1) is 0 Å². The Morgan fingerprint density at radius 2 is 1.77 bits per heavy atom. The number of para-hydroxylation sites is 3. The molecule has 2 aromatic carbocycles. The van der Waals surface area contributed by atoms with Crippen molar-refractivity contribution in [2.75, 3.05) is 27.3 Å². The van der Waals surface area contributed by atoms with Crippen molar-refractivity contribution in [2.24, 2.45) is 0 Å². The standard InChI is InChI=1S/C20H20N2O4/c1-22(11-12-26-18-10-6-5-9-17(18)25-2)20(24)15-13-19(23)21-16-8-4-3-7-14(15)16/h3-10,13H,11-12H2,1-2H3,(H,21,23). The van der Waals surface area contributed by atoms with Crippen LogP contribution in [0, 0.1) is 0 Å². The number of H-pyrrole nitrogens is 1. The smallest absolute Gasteiger partial charge is 0.254 e. The van der Waals surface area contributed by atoms with E-state index in [1.54, 1.807) is 20.2 Å². The average molecular weight is 352 g/mol. The van der Waals surface area contributed by atoms with Crippen LogP contribution in [0.15, 0.2) is 59.4 Å². The van der Waals surface area contributed by atoms with Crippen LogP contribution in [0.2, 0.25) is 0 Å². The van der Waals surface area contributed by atoms with Crippen molar-refractivity contribution in [3.63, 3.8) is 0 Å².